The Kier molecular flexibility index (Phi) is 6.87. The van der Waals surface area contributed by atoms with Crippen molar-refractivity contribution in [2.24, 2.45) is 0 Å². The van der Waals surface area contributed by atoms with E-state index < -0.39 is 10.0 Å². The minimum absolute atomic E-state index is 0.135. The first-order chi connectivity index (χ1) is 12.6. The van der Waals surface area contributed by atoms with Crippen molar-refractivity contribution in [2.75, 3.05) is 7.05 Å². The minimum Gasteiger partial charge on any atom is -0.207 e. The highest BCUT2D eigenvalue weighted by molar-refractivity contribution is 7.89. The lowest BCUT2D eigenvalue weighted by atomic mass is 9.89. The fourth-order valence-corrected chi connectivity index (χ4v) is 5.08. The Labute approximate surface area is 165 Å². The molecule has 2 rings (SSSR count). The normalized spacial score (nSPS) is 12.6. The van der Waals surface area contributed by atoms with Crippen molar-refractivity contribution in [3.8, 4) is 0 Å². The van der Waals surface area contributed by atoms with E-state index in [9.17, 15) is 8.42 Å². The van der Waals surface area contributed by atoms with Crippen molar-refractivity contribution in [3.05, 3.63) is 64.7 Å². The third-order valence-electron chi connectivity index (χ3n) is 5.00. The van der Waals surface area contributed by atoms with Gasteiger partial charge in [-0.1, -0.05) is 84.0 Å². The molecule has 0 saturated carbocycles. The molecule has 27 heavy (non-hydrogen) atoms. The third kappa shape index (κ3) is 4.80. The van der Waals surface area contributed by atoms with Gasteiger partial charge in [0.15, 0.2) is 0 Å². The molecule has 0 atom stereocenters. The van der Waals surface area contributed by atoms with Gasteiger partial charge in [-0.05, 0) is 40.0 Å². The van der Waals surface area contributed by atoms with Gasteiger partial charge in [0.25, 0.3) is 0 Å². The fourth-order valence-electron chi connectivity index (χ4n) is 3.27. The summed E-state index contributed by atoms with van der Waals surface area (Å²) in [4.78, 5) is 0.496. The lowest BCUT2D eigenvalue weighted by Gasteiger charge is -2.26. The molecule has 0 N–H and O–H groups in total. The van der Waals surface area contributed by atoms with E-state index in [4.69, 9.17) is 0 Å². The summed E-state index contributed by atoms with van der Waals surface area (Å²) in [6.07, 6.45) is 0. The maximum atomic E-state index is 13.6. The quantitative estimate of drug-likeness (QED) is 0.595. The SMILES string of the molecule is CC(C)c1cc(C(C)C)c(S(=O)(=O)N(C)Cc2ccccc2)c(C(C)C)c1. The summed E-state index contributed by atoms with van der Waals surface area (Å²) in [6.45, 7) is 12.9. The van der Waals surface area contributed by atoms with Gasteiger partial charge in [-0.3, -0.25) is 0 Å². The molecule has 148 valence electrons. The minimum atomic E-state index is -3.60. The largest absolute Gasteiger partial charge is 0.243 e. The van der Waals surface area contributed by atoms with E-state index in [1.165, 1.54) is 9.87 Å². The lowest BCUT2D eigenvalue weighted by molar-refractivity contribution is 0.464. The van der Waals surface area contributed by atoms with Crippen LogP contribution in [0, 0.1) is 0 Å². The van der Waals surface area contributed by atoms with Crippen LogP contribution in [0.25, 0.3) is 0 Å². The Hall–Kier alpha value is -1.65. The first kappa shape index (κ1) is 21.6. The van der Waals surface area contributed by atoms with E-state index in [1.54, 1.807) is 7.05 Å². The van der Waals surface area contributed by atoms with Gasteiger partial charge in [0.2, 0.25) is 10.0 Å². The highest BCUT2D eigenvalue weighted by atomic mass is 32.2. The number of hydrogen-bond acceptors (Lipinski definition) is 2. The Morgan fingerprint density at radius 1 is 0.815 bits per heavy atom. The molecular formula is C23H33NO2S. The van der Waals surface area contributed by atoms with Crippen LogP contribution in [-0.2, 0) is 16.6 Å². The van der Waals surface area contributed by atoms with Gasteiger partial charge in [-0.25, -0.2) is 8.42 Å². The molecular weight excluding hydrogens is 354 g/mol. The molecule has 2 aromatic rings. The first-order valence-electron chi connectivity index (χ1n) is 9.73. The molecule has 0 bridgehead atoms. The first-order valence-corrected chi connectivity index (χ1v) is 11.2. The predicted molar refractivity (Wildman–Crippen MR) is 114 cm³/mol. The van der Waals surface area contributed by atoms with Crippen molar-refractivity contribution in [1.29, 1.82) is 0 Å². The molecule has 0 fully saturated rings. The molecule has 0 aromatic heterocycles. The molecule has 4 heteroatoms. The average Bonchev–Trinajstić information content (AvgIpc) is 2.61. The molecule has 0 spiro atoms. The molecule has 2 aromatic carbocycles. The van der Waals surface area contributed by atoms with Gasteiger partial charge < -0.3 is 0 Å². The monoisotopic (exact) mass is 387 g/mol. The summed E-state index contributed by atoms with van der Waals surface area (Å²) in [7, 11) is -1.92. The van der Waals surface area contributed by atoms with Crippen LogP contribution in [0.1, 0.15) is 81.5 Å². The number of benzene rings is 2. The maximum absolute atomic E-state index is 13.6. The van der Waals surface area contributed by atoms with Crippen molar-refractivity contribution >= 4 is 10.0 Å². The van der Waals surface area contributed by atoms with Gasteiger partial charge in [-0.15, -0.1) is 0 Å². The second-order valence-electron chi connectivity index (χ2n) is 8.24. The Morgan fingerprint density at radius 2 is 1.30 bits per heavy atom. The standard InChI is InChI=1S/C23H33NO2S/c1-16(2)20-13-21(17(3)4)23(22(14-20)18(5)6)27(25,26)24(7)15-19-11-9-8-10-12-19/h8-14,16-18H,15H2,1-7H3. The van der Waals surface area contributed by atoms with Gasteiger partial charge in [0.05, 0.1) is 4.90 Å². The third-order valence-corrected chi connectivity index (χ3v) is 6.93. The zero-order chi connectivity index (χ0) is 20.4. The molecule has 0 heterocycles. The molecule has 0 saturated heterocycles. The van der Waals surface area contributed by atoms with Gasteiger partial charge in [0, 0.05) is 13.6 Å². The molecule has 0 aliphatic heterocycles. The summed E-state index contributed by atoms with van der Waals surface area (Å²) >= 11 is 0. The van der Waals surface area contributed by atoms with E-state index >= 15 is 0 Å². The van der Waals surface area contributed by atoms with E-state index in [-0.39, 0.29) is 11.8 Å². The van der Waals surface area contributed by atoms with Crippen LogP contribution in [0.4, 0.5) is 0 Å². The Morgan fingerprint density at radius 3 is 1.70 bits per heavy atom. The van der Waals surface area contributed by atoms with Crippen LogP contribution in [0.3, 0.4) is 0 Å². The highest BCUT2D eigenvalue weighted by Crippen LogP contribution is 2.36. The van der Waals surface area contributed by atoms with Crippen LogP contribution >= 0.6 is 0 Å². The molecule has 0 amide bonds. The van der Waals surface area contributed by atoms with Crippen molar-refractivity contribution in [1.82, 2.24) is 4.31 Å². The maximum Gasteiger partial charge on any atom is 0.243 e. The molecule has 0 radical (unpaired) electrons. The van der Waals surface area contributed by atoms with E-state index in [1.807, 2.05) is 30.3 Å². The second kappa shape index (κ2) is 8.57. The van der Waals surface area contributed by atoms with Gasteiger partial charge >= 0.3 is 0 Å². The fraction of sp³-hybridized carbons (Fsp3) is 0.478. The van der Waals surface area contributed by atoms with Crippen molar-refractivity contribution in [2.45, 2.75) is 70.7 Å². The second-order valence-corrected chi connectivity index (χ2v) is 10.2. The van der Waals surface area contributed by atoms with Crippen LogP contribution in [0.5, 0.6) is 0 Å². The Bertz CT molecular complexity index is 840. The van der Waals surface area contributed by atoms with Crippen LogP contribution < -0.4 is 0 Å². The zero-order valence-corrected chi connectivity index (χ0v) is 18.5. The van der Waals surface area contributed by atoms with E-state index in [0.717, 1.165) is 16.7 Å². The predicted octanol–water partition coefficient (Wildman–Crippen LogP) is 5.88. The van der Waals surface area contributed by atoms with Crippen LogP contribution in [0.15, 0.2) is 47.4 Å². The van der Waals surface area contributed by atoms with Crippen molar-refractivity contribution < 1.29 is 8.42 Å². The van der Waals surface area contributed by atoms with E-state index in [2.05, 4.69) is 53.7 Å². The number of hydrogen-bond donors (Lipinski definition) is 0. The summed E-state index contributed by atoms with van der Waals surface area (Å²) in [5.41, 5.74) is 4.03. The number of nitrogens with zero attached hydrogens (tertiary/aromatic N) is 1. The Balaban J connectivity index is 2.63. The lowest BCUT2D eigenvalue weighted by Crippen LogP contribution is -2.29. The summed E-state index contributed by atoms with van der Waals surface area (Å²) in [5, 5.41) is 0. The molecule has 0 unspecified atom stereocenters. The summed E-state index contributed by atoms with van der Waals surface area (Å²) in [6, 6.07) is 13.9. The highest BCUT2D eigenvalue weighted by Gasteiger charge is 2.30. The summed E-state index contributed by atoms with van der Waals surface area (Å²) in [5.74, 6) is 0.631. The smallest absolute Gasteiger partial charge is 0.207 e. The average molecular weight is 388 g/mol. The number of sulfonamides is 1. The zero-order valence-electron chi connectivity index (χ0n) is 17.7. The van der Waals surface area contributed by atoms with Crippen molar-refractivity contribution in [3.63, 3.8) is 0 Å². The number of rotatable bonds is 7. The van der Waals surface area contributed by atoms with Gasteiger partial charge in [0.1, 0.15) is 0 Å². The van der Waals surface area contributed by atoms with Gasteiger partial charge in [-0.2, -0.15) is 4.31 Å². The molecule has 0 aliphatic rings. The van der Waals surface area contributed by atoms with Crippen LogP contribution in [0.2, 0.25) is 0 Å². The van der Waals surface area contributed by atoms with E-state index in [0.29, 0.717) is 17.4 Å². The molecule has 0 aliphatic carbocycles. The molecule has 3 nitrogen and oxygen atoms in total. The topological polar surface area (TPSA) is 37.4 Å². The van der Waals surface area contributed by atoms with Crippen LogP contribution in [-0.4, -0.2) is 19.8 Å². The summed E-state index contributed by atoms with van der Waals surface area (Å²) < 4.78 is 28.7.